The number of carbonyl (C=O) groups is 1. The zero-order valence-electron chi connectivity index (χ0n) is 14.7. The molecular formula is C17H23ClF3N3O2. The first-order chi connectivity index (χ1) is 12.3. The zero-order valence-corrected chi connectivity index (χ0v) is 15.4. The van der Waals surface area contributed by atoms with Gasteiger partial charge < -0.3 is 9.64 Å². The van der Waals surface area contributed by atoms with Crippen LogP contribution in [0.4, 0.5) is 19.0 Å². The lowest BCUT2D eigenvalue weighted by atomic mass is 9.97. The highest BCUT2D eigenvalue weighted by Crippen LogP contribution is 2.28. The third kappa shape index (κ3) is 6.30. The second kappa shape index (κ2) is 9.39. The molecule has 0 radical (unpaired) electrons. The molecule has 0 unspecified atom stereocenters. The number of hydrogen-bond acceptors (Lipinski definition) is 5. The summed E-state index contributed by atoms with van der Waals surface area (Å²) in [6.45, 7) is 3.36. The maximum absolute atomic E-state index is 12.2. The molecule has 1 aromatic heterocycles. The second-order valence-corrected chi connectivity index (χ2v) is 6.67. The molecule has 26 heavy (non-hydrogen) atoms. The van der Waals surface area contributed by atoms with Crippen molar-refractivity contribution in [3.63, 3.8) is 0 Å². The molecule has 1 fully saturated rings. The number of halogens is 4. The van der Waals surface area contributed by atoms with E-state index in [0.717, 1.165) is 0 Å². The number of unbranched alkanes of at least 4 members (excludes halogenated alkanes) is 1. The summed E-state index contributed by atoms with van der Waals surface area (Å²) in [6.07, 6.45) is -1.24. The highest BCUT2D eigenvalue weighted by Gasteiger charge is 2.28. The Kier molecular flexibility index (Phi) is 7.49. The number of hydrogen-bond donors (Lipinski definition) is 0. The van der Waals surface area contributed by atoms with Gasteiger partial charge in [0, 0.05) is 19.5 Å². The van der Waals surface area contributed by atoms with E-state index >= 15 is 0 Å². The average molecular weight is 394 g/mol. The van der Waals surface area contributed by atoms with E-state index in [2.05, 4.69) is 9.97 Å². The molecule has 9 heteroatoms. The first-order valence-corrected chi connectivity index (χ1v) is 9.17. The molecule has 2 heterocycles. The summed E-state index contributed by atoms with van der Waals surface area (Å²) in [4.78, 5) is 22.4. The molecule has 1 aliphatic heterocycles. The van der Waals surface area contributed by atoms with Gasteiger partial charge in [-0.15, -0.1) is 0 Å². The van der Waals surface area contributed by atoms with Crippen molar-refractivity contribution in [3.05, 3.63) is 17.0 Å². The highest BCUT2D eigenvalue weighted by atomic mass is 35.5. The lowest BCUT2D eigenvalue weighted by molar-refractivity contribution is -0.148. The number of alkyl halides is 3. The van der Waals surface area contributed by atoms with Crippen molar-refractivity contribution in [2.45, 2.75) is 51.6 Å². The summed E-state index contributed by atoms with van der Waals surface area (Å²) in [7, 11) is 0. The number of nitrogens with zero attached hydrogens (tertiary/aromatic N) is 3. The van der Waals surface area contributed by atoms with E-state index in [1.54, 1.807) is 6.92 Å². The van der Waals surface area contributed by atoms with Gasteiger partial charge in [-0.25, -0.2) is 9.97 Å². The fourth-order valence-corrected chi connectivity index (χ4v) is 3.15. The SMILES string of the molecule is CCOC(=O)C1CCN(c2nc(CCCCC(F)(F)F)cnc2Cl)CC1. The third-order valence-corrected chi connectivity index (χ3v) is 4.59. The molecule has 0 saturated carbocycles. The number of anilines is 1. The largest absolute Gasteiger partial charge is 0.466 e. The van der Waals surface area contributed by atoms with Gasteiger partial charge >= 0.3 is 12.1 Å². The molecule has 1 aromatic rings. The van der Waals surface area contributed by atoms with Crippen LogP contribution in [-0.4, -0.2) is 41.8 Å². The molecular weight excluding hydrogens is 371 g/mol. The number of ether oxygens (including phenoxy) is 1. The van der Waals surface area contributed by atoms with Gasteiger partial charge in [-0.05, 0) is 39.0 Å². The van der Waals surface area contributed by atoms with E-state index in [0.29, 0.717) is 56.9 Å². The van der Waals surface area contributed by atoms with Gasteiger partial charge in [0.1, 0.15) is 0 Å². The molecule has 0 aromatic carbocycles. The van der Waals surface area contributed by atoms with Crippen LogP contribution < -0.4 is 4.90 Å². The lowest BCUT2D eigenvalue weighted by Gasteiger charge is -2.32. The second-order valence-electron chi connectivity index (χ2n) is 6.31. The normalized spacial score (nSPS) is 16.0. The Labute approximate surface area is 155 Å². The summed E-state index contributed by atoms with van der Waals surface area (Å²) in [5.41, 5.74) is 0.624. The molecule has 146 valence electrons. The number of carbonyl (C=O) groups excluding carboxylic acids is 1. The maximum atomic E-state index is 12.2. The van der Waals surface area contributed by atoms with Crippen molar-refractivity contribution in [1.82, 2.24) is 9.97 Å². The predicted octanol–water partition coefficient (Wildman–Crippen LogP) is 4.18. The summed E-state index contributed by atoms with van der Waals surface area (Å²) in [5.74, 6) is 0.230. The summed E-state index contributed by atoms with van der Waals surface area (Å²) in [5, 5.41) is 0.263. The van der Waals surface area contributed by atoms with Crippen LogP contribution in [0, 0.1) is 5.92 Å². The third-order valence-electron chi connectivity index (χ3n) is 4.32. The number of esters is 1. The first-order valence-electron chi connectivity index (χ1n) is 8.80. The molecule has 0 bridgehead atoms. The number of rotatable bonds is 7. The molecule has 1 saturated heterocycles. The van der Waals surface area contributed by atoms with Gasteiger partial charge in [-0.1, -0.05) is 11.6 Å². The van der Waals surface area contributed by atoms with Crippen LogP contribution in [0.3, 0.4) is 0 Å². The standard InChI is InChI=1S/C17H23ClF3N3O2/c1-2-26-16(25)12-6-9-24(10-7-12)15-14(18)22-11-13(23-15)5-3-4-8-17(19,20)21/h11-12H,2-10H2,1H3. The zero-order chi connectivity index (χ0) is 19.2. The van der Waals surface area contributed by atoms with Gasteiger partial charge in [0.15, 0.2) is 11.0 Å². The Balaban J connectivity index is 1.90. The van der Waals surface area contributed by atoms with Gasteiger partial charge in [0.05, 0.1) is 24.4 Å². The quantitative estimate of drug-likeness (QED) is 0.513. The lowest BCUT2D eigenvalue weighted by Crippen LogP contribution is -2.37. The van der Waals surface area contributed by atoms with Gasteiger partial charge in [-0.3, -0.25) is 4.79 Å². The summed E-state index contributed by atoms with van der Waals surface area (Å²) in [6, 6.07) is 0. The Morgan fingerprint density at radius 2 is 2.04 bits per heavy atom. The number of piperidine rings is 1. The van der Waals surface area contributed by atoms with Crippen molar-refractivity contribution < 1.29 is 22.7 Å². The van der Waals surface area contributed by atoms with Crippen molar-refractivity contribution in [2.75, 3.05) is 24.6 Å². The summed E-state index contributed by atoms with van der Waals surface area (Å²) < 4.78 is 41.6. The molecule has 2 rings (SSSR count). The molecule has 0 spiro atoms. The van der Waals surface area contributed by atoms with E-state index in [9.17, 15) is 18.0 Å². The fraction of sp³-hybridized carbons (Fsp3) is 0.706. The minimum absolute atomic E-state index is 0.0636. The van der Waals surface area contributed by atoms with E-state index in [-0.39, 0.29) is 23.5 Å². The van der Waals surface area contributed by atoms with Crippen molar-refractivity contribution in [2.24, 2.45) is 5.92 Å². The van der Waals surface area contributed by atoms with Gasteiger partial charge in [0.25, 0.3) is 0 Å². The van der Waals surface area contributed by atoms with E-state index in [1.165, 1.54) is 6.20 Å². The molecule has 0 N–H and O–H groups in total. The van der Waals surface area contributed by atoms with Crippen LogP contribution in [-0.2, 0) is 16.0 Å². The molecule has 0 amide bonds. The summed E-state index contributed by atoms with van der Waals surface area (Å²) >= 11 is 6.14. The molecule has 1 aliphatic rings. The van der Waals surface area contributed by atoms with Crippen LogP contribution in [0.5, 0.6) is 0 Å². The average Bonchev–Trinajstić information content (AvgIpc) is 2.59. The monoisotopic (exact) mass is 393 g/mol. The highest BCUT2D eigenvalue weighted by molar-refractivity contribution is 6.31. The van der Waals surface area contributed by atoms with Crippen molar-refractivity contribution >= 4 is 23.4 Å². The van der Waals surface area contributed by atoms with Crippen molar-refractivity contribution in [3.8, 4) is 0 Å². The Hall–Kier alpha value is -1.57. The Bertz CT molecular complexity index is 605. The van der Waals surface area contributed by atoms with E-state index < -0.39 is 12.6 Å². The van der Waals surface area contributed by atoms with Gasteiger partial charge in [0.2, 0.25) is 0 Å². The fourth-order valence-electron chi connectivity index (χ4n) is 2.94. The van der Waals surface area contributed by atoms with Crippen molar-refractivity contribution in [1.29, 1.82) is 0 Å². The Morgan fingerprint density at radius 3 is 2.65 bits per heavy atom. The Morgan fingerprint density at radius 1 is 1.35 bits per heavy atom. The molecule has 0 atom stereocenters. The predicted molar refractivity (Wildman–Crippen MR) is 92.2 cm³/mol. The minimum Gasteiger partial charge on any atom is -0.466 e. The number of aromatic nitrogens is 2. The number of aryl methyl sites for hydroxylation is 1. The maximum Gasteiger partial charge on any atom is 0.389 e. The molecule has 5 nitrogen and oxygen atoms in total. The van der Waals surface area contributed by atoms with Crippen LogP contribution in [0.15, 0.2) is 6.20 Å². The minimum atomic E-state index is -4.12. The van der Waals surface area contributed by atoms with Crippen LogP contribution >= 0.6 is 11.6 Å². The van der Waals surface area contributed by atoms with Gasteiger partial charge in [-0.2, -0.15) is 13.2 Å². The van der Waals surface area contributed by atoms with E-state index in [1.807, 2.05) is 4.90 Å². The molecule has 0 aliphatic carbocycles. The van der Waals surface area contributed by atoms with E-state index in [4.69, 9.17) is 16.3 Å². The van der Waals surface area contributed by atoms with Crippen LogP contribution in [0.25, 0.3) is 0 Å². The van der Waals surface area contributed by atoms with Crippen LogP contribution in [0.1, 0.15) is 44.7 Å². The topological polar surface area (TPSA) is 55.3 Å². The van der Waals surface area contributed by atoms with Crippen LogP contribution in [0.2, 0.25) is 5.15 Å². The smallest absolute Gasteiger partial charge is 0.389 e. The first kappa shape index (κ1) is 20.7.